The second kappa shape index (κ2) is 4.87. The lowest BCUT2D eigenvalue weighted by atomic mass is 9.85. The van der Waals surface area contributed by atoms with Crippen molar-refractivity contribution in [2.45, 2.75) is 13.8 Å². The summed E-state index contributed by atoms with van der Waals surface area (Å²) >= 11 is 0. The van der Waals surface area contributed by atoms with Gasteiger partial charge in [0.25, 0.3) is 5.69 Å². The minimum Gasteiger partial charge on any atom is -0.274 e. The van der Waals surface area contributed by atoms with Gasteiger partial charge < -0.3 is 0 Å². The lowest BCUT2D eigenvalue weighted by Gasteiger charge is -2.19. The average Bonchev–Trinajstić information content (AvgIpc) is 3.17. The van der Waals surface area contributed by atoms with E-state index in [4.69, 9.17) is 0 Å². The number of allylic oxidation sites excluding steroid dienone is 4. The number of carbonyl (C=O) groups is 2. The van der Waals surface area contributed by atoms with E-state index in [1.807, 2.05) is 26.0 Å². The van der Waals surface area contributed by atoms with Crippen molar-refractivity contribution in [3.63, 3.8) is 0 Å². The highest BCUT2D eigenvalue weighted by Gasteiger charge is 2.62. The molecule has 6 nitrogen and oxygen atoms in total. The summed E-state index contributed by atoms with van der Waals surface area (Å²) in [4.78, 5) is 37.6. The molecule has 0 N–H and O–H groups in total. The van der Waals surface area contributed by atoms with Crippen LogP contribution in [0.2, 0.25) is 0 Å². The number of hydrogen-bond acceptors (Lipinski definition) is 4. The molecule has 1 aliphatic heterocycles. The Bertz CT molecular complexity index is 816. The van der Waals surface area contributed by atoms with E-state index >= 15 is 0 Å². The Kier molecular flexibility index (Phi) is 3.00. The molecule has 0 aromatic heterocycles. The summed E-state index contributed by atoms with van der Waals surface area (Å²) in [6.45, 7) is 4.00. The molecule has 2 bridgehead atoms. The van der Waals surface area contributed by atoms with Crippen molar-refractivity contribution in [3.8, 4) is 0 Å². The minimum atomic E-state index is -0.557. The molecule has 4 atom stereocenters. The number of nitro benzene ring substituents is 1. The highest BCUT2D eigenvalue weighted by atomic mass is 16.6. The maximum absolute atomic E-state index is 13.0. The molecule has 0 radical (unpaired) electrons. The normalized spacial score (nSPS) is 30.2. The molecule has 2 amide bonds. The molecule has 122 valence electrons. The van der Waals surface area contributed by atoms with Gasteiger partial charge in [-0.3, -0.25) is 19.7 Å². The maximum Gasteiger partial charge on any atom is 0.293 e. The van der Waals surface area contributed by atoms with E-state index in [1.165, 1.54) is 18.2 Å². The molecule has 2 aliphatic carbocycles. The van der Waals surface area contributed by atoms with Crippen LogP contribution in [0.4, 0.5) is 11.4 Å². The largest absolute Gasteiger partial charge is 0.293 e. The number of amides is 2. The first-order valence-corrected chi connectivity index (χ1v) is 7.90. The molecular formula is C18H16N2O4. The fraction of sp³-hybridized carbons (Fsp3) is 0.333. The fourth-order valence-corrected chi connectivity index (χ4v) is 4.47. The number of para-hydroxylation sites is 2. The minimum absolute atomic E-state index is 0.0609. The van der Waals surface area contributed by atoms with Gasteiger partial charge in [-0.25, -0.2) is 4.90 Å². The number of carbonyl (C=O) groups excluding carboxylic acids is 2. The van der Waals surface area contributed by atoms with Crippen LogP contribution >= 0.6 is 0 Å². The first-order valence-electron chi connectivity index (χ1n) is 7.90. The van der Waals surface area contributed by atoms with E-state index in [9.17, 15) is 19.7 Å². The SMILES string of the molecule is CC(C)=C1[C@H]2C=C[C@@H]1[C@@H]1C(=O)N(c3ccccc3[N+](=O)[O-])C(=O)[C@H]12. The molecule has 1 saturated heterocycles. The number of fused-ring (bicyclic) bond motifs is 5. The monoisotopic (exact) mass is 324 g/mol. The molecular weight excluding hydrogens is 308 g/mol. The Morgan fingerprint density at radius 1 is 1.04 bits per heavy atom. The molecule has 0 spiro atoms. The van der Waals surface area contributed by atoms with Gasteiger partial charge in [0.2, 0.25) is 11.8 Å². The Balaban J connectivity index is 1.81. The van der Waals surface area contributed by atoms with Crippen LogP contribution in [-0.2, 0) is 9.59 Å². The number of rotatable bonds is 2. The predicted octanol–water partition coefficient (Wildman–Crippen LogP) is 2.85. The zero-order chi connectivity index (χ0) is 17.2. The average molecular weight is 324 g/mol. The van der Waals surface area contributed by atoms with Crippen molar-refractivity contribution >= 4 is 23.2 Å². The van der Waals surface area contributed by atoms with Crippen molar-refractivity contribution in [2.24, 2.45) is 23.7 Å². The van der Waals surface area contributed by atoms with Crippen LogP contribution in [0.25, 0.3) is 0 Å². The quantitative estimate of drug-likeness (QED) is 0.362. The number of anilines is 1. The van der Waals surface area contributed by atoms with Crippen LogP contribution in [0.3, 0.4) is 0 Å². The van der Waals surface area contributed by atoms with Crippen LogP contribution in [0.5, 0.6) is 0 Å². The van der Waals surface area contributed by atoms with Gasteiger partial charge in [-0.05, 0) is 19.9 Å². The first kappa shape index (κ1) is 14.8. The summed E-state index contributed by atoms with van der Waals surface area (Å²) in [5, 5.41) is 11.3. The highest BCUT2D eigenvalue weighted by Crippen LogP contribution is 2.57. The van der Waals surface area contributed by atoms with Crippen LogP contribution in [0.15, 0.2) is 47.6 Å². The smallest absolute Gasteiger partial charge is 0.274 e. The highest BCUT2D eigenvalue weighted by molar-refractivity contribution is 6.24. The topological polar surface area (TPSA) is 80.5 Å². The lowest BCUT2D eigenvalue weighted by Crippen LogP contribution is -2.33. The Labute approximate surface area is 138 Å². The van der Waals surface area contributed by atoms with E-state index in [1.54, 1.807) is 6.07 Å². The number of benzene rings is 1. The van der Waals surface area contributed by atoms with Gasteiger partial charge in [-0.1, -0.05) is 35.4 Å². The van der Waals surface area contributed by atoms with Crippen LogP contribution in [-0.4, -0.2) is 16.7 Å². The summed E-state index contributed by atoms with van der Waals surface area (Å²) in [5.74, 6) is -1.64. The van der Waals surface area contributed by atoms with Gasteiger partial charge in [0.15, 0.2) is 0 Å². The van der Waals surface area contributed by atoms with Crippen LogP contribution in [0.1, 0.15) is 13.8 Å². The second-order valence-electron chi connectivity index (χ2n) is 6.70. The summed E-state index contributed by atoms with van der Waals surface area (Å²) in [6, 6.07) is 5.91. The molecule has 1 saturated carbocycles. The number of hydrogen-bond donors (Lipinski definition) is 0. The van der Waals surface area contributed by atoms with E-state index in [0.717, 1.165) is 16.0 Å². The maximum atomic E-state index is 13.0. The van der Waals surface area contributed by atoms with Gasteiger partial charge in [0.05, 0.1) is 16.8 Å². The Morgan fingerprint density at radius 3 is 2.08 bits per heavy atom. The Morgan fingerprint density at radius 2 is 1.58 bits per heavy atom. The number of nitro groups is 1. The molecule has 24 heavy (non-hydrogen) atoms. The standard InChI is InChI=1S/C18H16N2O4/c1-9(2)14-10-7-8-11(14)16-15(10)17(21)19(18(16)22)12-5-3-4-6-13(12)20(23)24/h3-8,10-11,15-16H,1-2H3/t10-,11+,15-,16-/m0/s1. The van der Waals surface area contributed by atoms with Gasteiger partial charge in [0, 0.05) is 17.9 Å². The van der Waals surface area contributed by atoms with Gasteiger partial charge >= 0.3 is 0 Å². The Hall–Kier alpha value is -2.76. The van der Waals surface area contributed by atoms with Crippen molar-refractivity contribution in [1.29, 1.82) is 0 Å². The molecule has 4 rings (SSSR count). The third kappa shape index (κ3) is 1.71. The van der Waals surface area contributed by atoms with E-state index in [0.29, 0.717) is 0 Å². The summed E-state index contributed by atoms with van der Waals surface area (Å²) in [6.07, 6.45) is 4.00. The molecule has 3 aliphatic rings. The van der Waals surface area contributed by atoms with Gasteiger partial charge in [0.1, 0.15) is 5.69 Å². The third-order valence-electron chi connectivity index (χ3n) is 5.31. The number of nitrogens with zero attached hydrogens (tertiary/aromatic N) is 2. The summed E-state index contributed by atoms with van der Waals surface area (Å²) < 4.78 is 0. The predicted molar refractivity (Wildman–Crippen MR) is 87.1 cm³/mol. The molecule has 1 aromatic carbocycles. The van der Waals surface area contributed by atoms with Crippen molar-refractivity contribution in [2.75, 3.05) is 4.90 Å². The zero-order valence-electron chi connectivity index (χ0n) is 13.3. The van der Waals surface area contributed by atoms with Crippen molar-refractivity contribution < 1.29 is 14.5 Å². The molecule has 1 heterocycles. The van der Waals surface area contributed by atoms with E-state index < -0.39 is 16.8 Å². The summed E-state index contributed by atoms with van der Waals surface area (Å²) in [5.41, 5.74) is 2.16. The van der Waals surface area contributed by atoms with Crippen LogP contribution in [0, 0.1) is 33.8 Å². The third-order valence-corrected chi connectivity index (χ3v) is 5.31. The van der Waals surface area contributed by atoms with Crippen molar-refractivity contribution in [1.82, 2.24) is 0 Å². The second-order valence-corrected chi connectivity index (χ2v) is 6.70. The summed E-state index contributed by atoms with van der Waals surface area (Å²) in [7, 11) is 0. The molecule has 0 unspecified atom stereocenters. The molecule has 2 fully saturated rings. The van der Waals surface area contributed by atoms with E-state index in [2.05, 4.69) is 0 Å². The first-order chi connectivity index (χ1) is 11.4. The molecule has 1 aromatic rings. The fourth-order valence-electron chi connectivity index (χ4n) is 4.47. The zero-order valence-corrected chi connectivity index (χ0v) is 13.3. The van der Waals surface area contributed by atoms with Gasteiger partial charge in [-0.2, -0.15) is 0 Å². The van der Waals surface area contributed by atoms with Crippen LogP contribution < -0.4 is 4.90 Å². The number of imide groups is 1. The lowest BCUT2D eigenvalue weighted by molar-refractivity contribution is -0.384. The van der Waals surface area contributed by atoms with E-state index in [-0.39, 0.29) is 35.0 Å². The molecule has 6 heteroatoms. The van der Waals surface area contributed by atoms with Gasteiger partial charge in [-0.15, -0.1) is 0 Å². The van der Waals surface area contributed by atoms with Crippen molar-refractivity contribution in [3.05, 3.63) is 57.7 Å².